The second-order valence-electron chi connectivity index (χ2n) is 4.10. The Morgan fingerprint density at radius 1 is 1.43 bits per heavy atom. The third-order valence-corrected chi connectivity index (χ3v) is 5.11. The van der Waals surface area contributed by atoms with E-state index < -0.39 is 5.25 Å². The minimum atomic E-state index is -0.394. The number of thioether (sulfide) groups is 1. The van der Waals surface area contributed by atoms with Crippen molar-refractivity contribution in [1.29, 1.82) is 0 Å². The zero-order valence-corrected chi connectivity index (χ0v) is 13.3. The predicted molar refractivity (Wildman–Crippen MR) is 86.3 cm³/mol. The molecule has 0 saturated carbocycles. The van der Waals surface area contributed by atoms with E-state index in [0.717, 1.165) is 0 Å². The highest BCUT2D eigenvalue weighted by Gasteiger charge is 2.17. The van der Waals surface area contributed by atoms with Crippen molar-refractivity contribution in [1.82, 2.24) is 15.0 Å². The number of carbonyl (C=O) groups excluding carboxylic acids is 1. The number of nitrogens with zero attached hydrogens (tertiary/aromatic N) is 2. The zero-order chi connectivity index (χ0) is 14.8. The number of carbonyl (C=O) groups is 1. The van der Waals surface area contributed by atoms with Crippen LogP contribution in [0.1, 0.15) is 6.92 Å². The van der Waals surface area contributed by atoms with Crippen molar-refractivity contribution in [3.05, 3.63) is 33.4 Å². The van der Waals surface area contributed by atoms with Crippen LogP contribution in [0.15, 0.2) is 33.0 Å². The molecule has 1 atom stereocenters. The van der Waals surface area contributed by atoms with Gasteiger partial charge in [0.15, 0.2) is 10.3 Å². The van der Waals surface area contributed by atoms with E-state index in [1.54, 1.807) is 24.6 Å². The molecule has 3 heterocycles. The maximum absolute atomic E-state index is 12.0. The fourth-order valence-corrected chi connectivity index (χ4v) is 3.77. The minimum absolute atomic E-state index is 0.177. The Kier molecular flexibility index (Phi) is 4.04. The first-order chi connectivity index (χ1) is 10.1. The number of amides is 1. The summed E-state index contributed by atoms with van der Waals surface area (Å²) in [6, 6.07) is 1.73. The monoisotopic (exact) mass is 338 g/mol. The Hall–Kier alpha value is -1.71. The number of nitrogens with one attached hydrogen (secondary N) is 2. The Balaban J connectivity index is 1.74. The molecule has 0 aliphatic carbocycles. The van der Waals surface area contributed by atoms with Crippen molar-refractivity contribution in [2.24, 2.45) is 0 Å². The van der Waals surface area contributed by atoms with E-state index in [-0.39, 0.29) is 11.5 Å². The summed E-state index contributed by atoms with van der Waals surface area (Å²) in [5.74, 6) is -0.177. The molecule has 3 aromatic heterocycles. The number of thiazole rings is 1. The van der Waals surface area contributed by atoms with Gasteiger partial charge in [0.05, 0.1) is 10.6 Å². The number of hydrogen-bond donors (Lipinski definition) is 2. The lowest BCUT2D eigenvalue weighted by atomic mass is 10.4. The second-order valence-corrected chi connectivity index (χ2v) is 7.22. The first-order valence-electron chi connectivity index (χ1n) is 5.98. The smallest absolute Gasteiger partial charge is 0.260 e. The number of aromatic amines is 1. The van der Waals surface area contributed by atoms with E-state index in [1.807, 2.05) is 5.38 Å². The lowest BCUT2D eigenvalue weighted by molar-refractivity contribution is -0.115. The number of aromatic nitrogens is 3. The molecule has 0 radical (unpaired) electrons. The Bertz CT molecular complexity index is 825. The van der Waals surface area contributed by atoms with Gasteiger partial charge in [0.2, 0.25) is 5.91 Å². The number of fused-ring (bicyclic) bond motifs is 1. The Morgan fingerprint density at radius 3 is 3.05 bits per heavy atom. The van der Waals surface area contributed by atoms with E-state index in [1.165, 1.54) is 34.4 Å². The molecule has 0 fully saturated rings. The average Bonchev–Trinajstić information content (AvgIpc) is 3.09. The molecule has 108 valence electrons. The molecule has 21 heavy (non-hydrogen) atoms. The SMILES string of the molecule is C[C@H](Sc1nc2sccc2c(=O)[nH]1)C(=O)Nc1nccs1. The highest BCUT2D eigenvalue weighted by Crippen LogP contribution is 2.23. The summed E-state index contributed by atoms with van der Waals surface area (Å²) < 4.78 is 0. The number of thiophene rings is 1. The summed E-state index contributed by atoms with van der Waals surface area (Å²) in [4.78, 5) is 35.6. The topological polar surface area (TPSA) is 87.7 Å². The van der Waals surface area contributed by atoms with Gasteiger partial charge < -0.3 is 10.3 Å². The Morgan fingerprint density at radius 2 is 2.29 bits per heavy atom. The molecule has 0 saturated heterocycles. The van der Waals surface area contributed by atoms with Crippen molar-refractivity contribution < 1.29 is 4.79 Å². The number of rotatable bonds is 4. The number of hydrogen-bond acceptors (Lipinski definition) is 7. The quantitative estimate of drug-likeness (QED) is 0.564. The van der Waals surface area contributed by atoms with Crippen molar-refractivity contribution in [2.45, 2.75) is 17.3 Å². The molecule has 0 bridgehead atoms. The van der Waals surface area contributed by atoms with Crippen LogP contribution < -0.4 is 10.9 Å². The van der Waals surface area contributed by atoms with Crippen LogP contribution in [0.4, 0.5) is 5.13 Å². The van der Waals surface area contributed by atoms with Gasteiger partial charge in [-0.2, -0.15) is 0 Å². The third kappa shape index (κ3) is 3.14. The van der Waals surface area contributed by atoms with Crippen LogP contribution in [0.25, 0.3) is 10.2 Å². The van der Waals surface area contributed by atoms with Gasteiger partial charge in [0.1, 0.15) is 4.83 Å². The predicted octanol–water partition coefficient (Wildman–Crippen LogP) is 2.56. The van der Waals surface area contributed by atoms with Gasteiger partial charge in [-0.3, -0.25) is 9.59 Å². The lowest BCUT2D eigenvalue weighted by Gasteiger charge is -2.09. The van der Waals surface area contributed by atoms with Gasteiger partial charge in [-0.25, -0.2) is 9.97 Å². The average molecular weight is 338 g/mol. The normalized spacial score (nSPS) is 12.4. The van der Waals surface area contributed by atoms with E-state index in [9.17, 15) is 9.59 Å². The van der Waals surface area contributed by atoms with Crippen LogP contribution >= 0.6 is 34.4 Å². The van der Waals surface area contributed by atoms with Crippen LogP contribution in [-0.2, 0) is 4.79 Å². The minimum Gasteiger partial charge on any atom is -0.301 e. The third-order valence-electron chi connectivity index (χ3n) is 2.63. The maximum Gasteiger partial charge on any atom is 0.260 e. The molecule has 0 spiro atoms. The molecule has 3 aromatic rings. The molecule has 0 aromatic carbocycles. The van der Waals surface area contributed by atoms with E-state index in [0.29, 0.717) is 20.5 Å². The second kappa shape index (κ2) is 5.96. The molecule has 2 N–H and O–H groups in total. The van der Waals surface area contributed by atoms with E-state index in [4.69, 9.17) is 0 Å². The van der Waals surface area contributed by atoms with Crippen LogP contribution in [0.2, 0.25) is 0 Å². The molecule has 1 amide bonds. The van der Waals surface area contributed by atoms with Gasteiger partial charge in [-0.1, -0.05) is 11.8 Å². The largest absolute Gasteiger partial charge is 0.301 e. The summed E-state index contributed by atoms with van der Waals surface area (Å²) in [5.41, 5.74) is -0.184. The summed E-state index contributed by atoms with van der Waals surface area (Å²) in [6.07, 6.45) is 1.63. The Labute approximate surface area is 131 Å². The molecular formula is C12H10N4O2S3. The van der Waals surface area contributed by atoms with Crippen molar-refractivity contribution in [2.75, 3.05) is 5.32 Å². The molecular weight excluding hydrogens is 328 g/mol. The van der Waals surface area contributed by atoms with Crippen LogP contribution in [0, 0.1) is 0 Å². The van der Waals surface area contributed by atoms with Gasteiger partial charge in [0.25, 0.3) is 5.56 Å². The molecule has 9 heteroatoms. The zero-order valence-electron chi connectivity index (χ0n) is 10.8. The molecule has 0 unspecified atom stereocenters. The van der Waals surface area contributed by atoms with Crippen LogP contribution in [0.3, 0.4) is 0 Å². The van der Waals surface area contributed by atoms with Gasteiger partial charge in [-0.05, 0) is 18.4 Å². The first-order valence-corrected chi connectivity index (χ1v) is 8.62. The van der Waals surface area contributed by atoms with Crippen LogP contribution in [-0.4, -0.2) is 26.1 Å². The maximum atomic E-state index is 12.0. The van der Waals surface area contributed by atoms with E-state index in [2.05, 4.69) is 20.3 Å². The van der Waals surface area contributed by atoms with Crippen molar-refractivity contribution >= 4 is 55.7 Å². The fraction of sp³-hybridized carbons (Fsp3) is 0.167. The standard InChI is InChI=1S/C12H10N4O2S3/c1-6(8(17)14-11-13-3-5-20-11)21-12-15-9(18)7-2-4-19-10(7)16-12/h2-6H,1H3,(H,13,14,17)(H,15,16,18)/t6-/m0/s1. The van der Waals surface area contributed by atoms with Crippen molar-refractivity contribution in [3.63, 3.8) is 0 Å². The van der Waals surface area contributed by atoms with Gasteiger partial charge in [-0.15, -0.1) is 22.7 Å². The lowest BCUT2D eigenvalue weighted by Crippen LogP contribution is -2.23. The fourth-order valence-electron chi connectivity index (χ4n) is 1.61. The van der Waals surface area contributed by atoms with Gasteiger partial charge >= 0.3 is 0 Å². The first kappa shape index (κ1) is 14.2. The highest BCUT2D eigenvalue weighted by atomic mass is 32.2. The van der Waals surface area contributed by atoms with E-state index >= 15 is 0 Å². The molecule has 0 aliphatic rings. The number of H-pyrrole nitrogens is 1. The molecule has 3 rings (SSSR count). The molecule has 0 aliphatic heterocycles. The van der Waals surface area contributed by atoms with Crippen molar-refractivity contribution in [3.8, 4) is 0 Å². The summed E-state index contributed by atoms with van der Waals surface area (Å²) in [7, 11) is 0. The summed E-state index contributed by atoms with van der Waals surface area (Å²) >= 11 is 3.97. The van der Waals surface area contributed by atoms with Crippen LogP contribution in [0.5, 0.6) is 0 Å². The molecule has 6 nitrogen and oxygen atoms in total. The summed E-state index contributed by atoms with van der Waals surface area (Å²) in [5, 5.41) is 7.51. The highest BCUT2D eigenvalue weighted by molar-refractivity contribution is 8.00. The number of anilines is 1. The van der Waals surface area contributed by atoms with Gasteiger partial charge in [0, 0.05) is 11.6 Å². The summed E-state index contributed by atoms with van der Waals surface area (Å²) in [6.45, 7) is 1.76.